The van der Waals surface area contributed by atoms with E-state index in [0.29, 0.717) is 6.54 Å². The van der Waals surface area contributed by atoms with Gasteiger partial charge in [-0.25, -0.2) is 14.8 Å². The van der Waals surface area contributed by atoms with E-state index in [-0.39, 0.29) is 31.1 Å². The van der Waals surface area contributed by atoms with Crippen molar-refractivity contribution < 1.29 is 19.1 Å². The van der Waals surface area contributed by atoms with Crippen LogP contribution in [0.4, 0.5) is 0 Å². The predicted molar refractivity (Wildman–Crippen MR) is 98.1 cm³/mol. The molecule has 0 unspecified atom stereocenters. The van der Waals surface area contributed by atoms with Crippen LogP contribution in [0.25, 0.3) is 0 Å². The van der Waals surface area contributed by atoms with Gasteiger partial charge in [0.1, 0.15) is 11.8 Å². The number of nitrogens with zero attached hydrogens (tertiary/aromatic N) is 3. The first-order valence-electron chi connectivity index (χ1n) is 9.01. The van der Waals surface area contributed by atoms with E-state index in [2.05, 4.69) is 10.5 Å². The van der Waals surface area contributed by atoms with Gasteiger partial charge in [-0.05, 0) is 26.3 Å². The standard InChI is InChI=1S/C19H24N4O4/c1-4-27-18(26)15-10-14(20-21-15)17(25)23-16(24)11-19(2,3)22(23)12-13-8-6-5-7-9-13/h5-9,14,20H,4,10-12H2,1-3H3/t14-/m0/s1. The third kappa shape index (κ3) is 3.85. The number of amides is 2. The number of ether oxygens (including phenoxy) is 1. The van der Waals surface area contributed by atoms with Crippen molar-refractivity contribution in [2.24, 2.45) is 5.10 Å². The highest BCUT2D eigenvalue weighted by Gasteiger charge is 2.49. The minimum absolute atomic E-state index is 0.0983. The van der Waals surface area contributed by atoms with Gasteiger partial charge in [0.25, 0.3) is 5.91 Å². The second-order valence-corrected chi connectivity index (χ2v) is 7.24. The number of hydrazine groups is 1. The van der Waals surface area contributed by atoms with Gasteiger partial charge in [0.15, 0.2) is 0 Å². The molecule has 1 saturated heterocycles. The van der Waals surface area contributed by atoms with E-state index < -0.39 is 23.5 Å². The molecule has 0 radical (unpaired) electrons. The Morgan fingerprint density at radius 3 is 2.67 bits per heavy atom. The minimum Gasteiger partial charge on any atom is -0.461 e. The van der Waals surface area contributed by atoms with Gasteiger partial charge in [0, 0.05) is 24.9 Å². The Morgan fingerprint density at radius 1 is 1.30 bits per heavy atom. The highest BCUT2D eigenvalue weighted by molar-refractivity contribution is 6.37. The van der Waals surface area contributed by atoms with Crippen molar-refractivity contribution in [2.45, 2.75) is 51.7 Å². The zero-order chi connectivity index (χ0) is 19.6. The Hall–Kier alpha value is -2.74. The molecular weight excluding hydrogens is 348 g/mol. The number of esters is 1. The lowest BCUT2D eigenvalue weighted by atomic mass is 10.0. The maximum absolute atomic E-state index is 13.0. The number of hydrazone groups is 1. The number of hydrogen-bond acceptors (Lipinski definition) is 7. The van der Waals surface area contributed by atoms with Crippen molar-refractivity contribution in [3.05, 3.63) is 35.9 Å². The second-order valence-electron chi connectivity index (χ2n) is 7.24. The molecule has 0 aliphatic carbocycles. The normalized spacial score (nSPS) is 21.7. The Labute approximate surface area is 158 Å². The van der Waals surface area contributed by atoms with Crippen molar-refractivity contribution in [2.75, 3.05) is 6.61 Å². The lowest BCUT2D eigenvalue weighted by Gasteiger charge is -2.36. The smallest absolute Gasteiger partial charge is 0.354 e. The fraction of sp³-hybridized carbons (Fsp3) is 0.474. The van der Waals surface area contributed by atoms with Crippen LogP contribution >= 0.6 is 0 Å². The number of imide groups is 1. The summed E-state index contributed by atoms with van der Waals surface area (Å²) in [7, 11) is 0. The molecule has 1 aromatic carbocycles. The fourth-order valence-electron chi connectivity index (χ4n) is 3.30. The van der Waals surface area contributed by atoms with Crippen LogP contribution in [0.1, 0.15) is 39.2 Å². The van der Waals surface area contributed by atoms with Crippen molar-refractivity contribution >= 4 is 23.5 Å². The number of benzene rings is 1. The average molecular weight is 372 g/mol. The zero-order valence-electron chi connectivity index (χ0n) is 15.8. The summed E-state index contributed by atoms with van der Waals surface area (Å²) in [4.78, 5) is 37.5. The van der Waals surface area contributed by atoms with Crippen molar-refractivity contribution in [3.63, 3.8) is 0 Å². The molecule has 0 bridgehead atoms. The Bertz CT molecular complexity index is 775. The lowest BCUT2D eigenvalue weighted by molar-refractivity contribution is -0.162. The van der Waals surface area contributed by atoms with Gasteiger partial charge >= 0.3 is 5.97 Å². The third-order valence-corrected chi connectivity index (χ3v) is 4.71. The van der Waals surface area contributed by atoms with Crippen LogP contribution in [0.5, 0.6) is 0 Å². The van der Waals surface area contributed by atoms with E-state index in [4.69, 9.17) is 4.74 Å². The molecule has 2 aliphatic rings. The molecule has 0 spiro atoms. The largest absolute Gasteiger partial charge is 0.461 e. The molecule has 2 heterocycles. The van der Waals surface area contributed by atoms with Gasteiger partial charge in [0.2, 0.25) is 5.91 Å². The Kier molecular flexibility index (Phi) is 5.27. The first-order valence-corrected chi connectivity index (χ1v) is 9.01. The molecule has 144 valence electrons. The average Bonchev–Trinajstić information content (AvgIpc) is 3.19. The fourth-order valence-corrected chi connectivity index (χ4v) is 3.30. The van der Waals surface area contributed by atoms with Gasteiger partial charge in [-0.2, -0.15) is 5.10 Å². The zero-order valence-corrected chi connectivity index (χ0v) is 15.8. The summed E-state index contributed by atoms with van der Waals surface area (Å²) in [6.45, 7) is 6.24. The molecule has 27 heavy (non-hydrogen) atoms. The molecule has 8 heteroatoms. The summed E-state index contributed by atoms with van der Waals surface area (Å²) >= 11 is 0. The molecule has 1 fully saturated rings. The number of hydrogen-bond donors (Lipinski definition) is 1. The van der Waals surface area contributed by atoms with Crippen LogP contribution in [0.15, 0.2) is 35.4 Å². The number of nitrogens with one attached hydrogen (secondary N) is 1. The van der Waals surface area contributed by atoms with Crippen LogP contribution in [-0.4, -0.2) is 51.7 Å². The number of carbonyl (C=O) groups is 3. The van der Waals surface area contributed by atoms with E-state index in [1.165, 1.54) is 5.01 Å². The monoisotopic (exact) mass is 372 g/mol. The van der Waals surface area contributed by atoms with E-state index in [9.17, 15) is 14.4 Å². The predicted octanol–water partition coefficient (Wildman–Crippen LogP) is 1.22. The molecule has 0 aromatic heterocycles. The third-order valence-electron chi connectivity index (χ3n) is 4.71. The quantitative estimate of drug-likeness (QED) is 0.617. The van der Waals surface area contributed by atoms with Gasteiger partial charge < -0.3 is 4.74 Å². The van der Waals surface area contributed by atoms with E-state index in [0.717, 1.165) is 5.56 Å². The molecule has 2 aliphatic heterocycles. The molecule has 8 nitrogen and oxygen atoms in total. The lowest BCUT2D eigenvalue weighted by Crippen LogP contribution is -2.54. The molecular formula is C19H24N4O4. The summed E-state index contributed by atoms with van der Waals surface area (Å²) < 4.78 is 4.92. The van der Waals surface area contributed by atoms with Gasteiger partial charge in [-0.3, -0.25) is 15.0 Å². The van der Waals surface area contributed by atoms with E-state index >= 15 is 0 Å². The topological polar surface area (TPSA) is 91.3 Å². The Morgan fingerprint density at radius 2 is 2.00 bits per heavy atom. The SMILES string of the molecule is CCOC(=O)C1=NN[C@H](C(=O)N2C(=O)CC(C)(C)N2Cc2ccccc2)C1. The van der Waals surface area contributed by atoms with Crippen molar-refractivity contribution in [3.8, 4) is 0 Å². The molecule has 3 rings (SSSR count). The summed E-state index contributed by atoms with van der Waals surface area (Å²) in [6, 6.07) is 8.91. The van der Waals surface area contributed by atoms with Crippen molar-refractivity contribution in [1.82, 2.24) is 15.4 Å². The number of carbonyl (C=O) groups excluding carboxylic acids is 3. The van der Waals surface area contributed by atoms with Crippen molar-refractivity contribution in [1.29, 1.82) is 0 Å². The minimum atomic E-state index is -0.763. The summed E-state index contributed by atoms with van der Waals surface area (Å²) in [5.74, 6) is -1.22. The molecule has 1 N–H and O–H groups in total. The summed E-state index contributed by atoms with van der Waals surface area (Å²) in [5, 5.41) is 6.90. The maximum Gasteiger partial charge on any atom is 0.354 e. The van der Waals surface area contributed by atoms with Gasteiger partial charge in [-0.15, -0.1) is 0 Å². The summed E-state index contributed by atoms with van der Waals surface area (Å²) in [5.41, 5.74) is 3.34. The summed E-state index contributed by atoms with van der Waals surface area (Å²) in [6.07, 6.45) is 0.338. The molecule has 1 atom stereocenters. The molecule has 0 saturated carbocycles. The Balaban J connectivity index is 1.76. The first kappa shape index (κ1) is 19.0. The highest BCUT2D eigenvalue weighted by Crippen LogP contribution is 2.32. The molecule has 2 amide bonds. The molecule has 1 aromatic rings. The number of rotatable bonds is 5. The first-order chi connectivity index (χ1) is 12.8. The van der Waals surface area contributed by atoms with Crippen LogP contribution in [0, 0.1) is 0 Å². The highest BCUT2D eigenvalue weighted by atomic mass is 16.5. The van der Waals surface area contributed by atoms with Crippen LogP contribution in [-0.2, 0) is 25.7 Å². The van der Waals surface area contributed by atoms with Crippen LogP contribution in [0.3, 0.4) is 0 Å². The van der Waals surface area contributed by atoms with E-state index in [1.54, 1.807) is 11.9 Å². The van der Waals surface area contributed by atoms with Gasteiger partial charge in [0.05, 0.1) is 6.61 Å². The van der Waals surface area contributed by atoms with E-state index in [1.807, 2.05) is 44.2 Å². The second kappa shape index (κ2) is 7.48. The maximum atomic E-state index is 13.0. The van der Waals surface area contributed by atoms with Crippen LogP contribution in [0.2, 0.25) is 0 Å². The van der Waals surface area contributed by atoms with Crippen LogP contribution < -0.4 is 5.43 Å². The van der Waals surface area contributed by atoms with Gasteiger partial charge in [-0.1, -0.05) is 30.3 Å².